The van der Waals surface area contributed by atoms with Crippen LogP contribution in [0.15, 0.2) is 24.5 Å². The maximum atomic E-state index is 5.90. The summed E-state index contributed by atoms with van der Waals surface area (Å²) in [5.74, 6) is 1.25. The Morgan fingerprint density at radius 1 is 1.59 bits per heavy atom. The zero-order valence-corrected chi connectivity index (χ0v) is 10.7. The van der Waals surface area contributed by atoms with Crippen LogP contribution in [0.25, 0.3) is 0 Å². The number of hydrogen-bond donors (Lipinski definition) is 1. The zero-order chi connectivity index (χ0) is 12.1. The molecule has 1 fully saturated rings. The summed E-state index contributed by atoms with van der Waals surface area (Å²) in [4.78, 5) is 6.74. The summed E-state index contributed by atoms with van der Waals surface area (Å²) >= 11 is 0. The van der Waals surface area contributed by atoms with Crippen molar-refractivity contribution in [3.05, 3.63) is 30.1 Å². The van der Waals surface area contributed by atoms with Gasteiger partial charge >= 0.3 is 0 Å². The first-order chi connectivity index (χ1) is 8.29. The lowest BCUT2D eigenvalue weighted by molar-refractivity contribution is 0.175. The van der Waals surface area contributed by atoms with Crippen LogP contribution in [-0.4, -0.2) is 36.1 Å². The highest BCUT2D eigenvalue weighted by molar-refractivity contribution is 5.15. The van der Waals surface area contributed by atoms with Crippen LogP contribution < -0.4 is 5.73 Å². The summed E-state index contributed by atoms with van der Waals surface area (Å²) in [6.45, 7) is 6.56. The van der Waals surface area contributed by atoms with Gasteiger partial charge in [-0.3, -0.25) is 4.98 Å². The molecule has 17 heavy (non-hydrogen) atoms. The van der Waals surface area contributed by atoms with E-state index in [0.717, 1.165) is 12.5 Å². The summed E-state index contributed by atoms with van der Waals surface area (Å²) in [5, 5.41) is 0. The Hall–Kier alpha value is -0.930. The predicted molar refractivity (Wildman–Crippen MR) is 70.9 cm³/mol. The van der Waals surface area contributed by atoms with Crippen molar-refractivity contribution < 1.29 is 0 Å². The Bertz CT molecular complexity index is 325. The summed E-state index contributed by atoms with van der Waals surface area (Å²) in [6, 6.07) is 4.13. The Morgan fingerprint density at radius 3 is 3.12 bits per heavy atom. The van der Waals surface area contributed by atoms with Crippen LogP contribution in [0.4, 0.5) is 0 Å². The Labute approximate surface area is 104 Å². The quantitative estimate of drug-likeness (QED) is 0.863. The maximum Gasteiger partial charge on any atom is 0.0303 e. The average Bonchev–Trinajstić information content (AvgIpc) is 2.37. The van der Waals surface area contributed by atoms with Crippen LogP contribution in [0.2, 0.25) is 0 Å². The van der Waals surface area contributed by atoms with E-state index in [-0.39, 0.29) is 0 Å². The first-order valence-electron chi connectivity index (χ1n) is 6.62. The Balaban J connectivity index is 1.95. The lowest BCUT2D eigenvalue weighted by atomic mass is 9.96. The first kappa shape index (κ1) is 12.5. The zero-order valence-electron chi connectivity index (χ0n) is 10.7. The molecule has 3 nitrogen and oxygen atoms in total. The molecule has 0 bridgehead atoms. The van der Waals surface area contributed by atoms with Crippen LogP contribution >= 0.6 is 0 Å². The molecule has 2 unspecified atom stereocenters. The Kier molecular flexibility index (Phi) is 4.51. The van der Waals surface area contributed by atoms with E-state index in [1.807, 2.05) is 18.5 Å². The van der Waals surface area contributed by atoms with Gasteiger partial charge in [0.25, 0.3) is 0 Å². The molecule has 1 aromatic rings. The third-order valence-electron chi connectivity index (χ3n) is 3.66. The molecule has 1 aliphatic rings. The van der Waals surface area contributed by atoms with Gasteiger partial charge < -0.3 is 10.6 Å². The lowest BCUT2D eigenvalue weighted by Gasteiger charge is -2.33. The van der Waals surface area contributed by atoms with E-state index in [2.05, 4.69) is 22.9 Å². The SMILES string of the molecule is CC1CCCN(CC(CN)c2cccnc2)C1. The fraction of sp³-hybridized carbons (Fsp3) is 0.643. The van der Waals surface area contributed by atoms with Crippen molar-refractivity contribution in [3.63, 3.8) is 0 Å². The van der Waals surface area contributed by atoms with Crippen LogP contribution in [0.1, 0.15) is 31.2 Å². The second-order valence-electron chi connectivity index (χ2n) is 5.23. The molecular formula is C14H23N3. The monoisotopic (exact) mass is 233 g/mol. The first-order valence-corrected chi connectivity index (χ1v) is 6.62. The van der Waals surface area contributed by atoms with Gasteiger partial charge in [0, 0.05) is 37.9 Å². The molecule has 1 aliphatic heterocycles. The molecule has 1 aromatic heterocycles. The number of pyridine rings is 1. The number of nitrogens with two attached hydrogens (primary N) is 1. The molecule has 3 heteroatoms. The van der Waals surface area contributed by atoms with Gasteiger partial charge in [-0.05, 0) is 36.9 Å². The molecular weight excluding hydrogens is 210 g/mol. The minimum Gasteiger partial charge on any atom is -0.330 e. The summed E-state index contributed by atoms with van der Waals surface area (Å²) < 4.78 is 0. The van der Waals surface area contributed by atoms with Crippen molar-refractivity contribution in [2.24, 2.45) is 11.7 Å². The normalized spacial score (nSPS) is 23.5. The van der Waals surface area contributed by atoms with Gasteiger partial charge in [-0.2, -0.15) is 0 Å². The molecule has 0 amide bonds. The fourth-order valence-corrected chi connectivity index (χ4v) is 2.70. The van der Waals surface area contributed by atoms with Gasteiger partial charge in [-0.15, -0.1) is 0 Å². The van der Waals surface area contributed by atoms with E-state index in [1.165, 1.54) is 31.5 Å². The predicted octanol–water partition coefficient (Wildman–Crippen LogP) is 1.86. The fourth-order valence-electron chi connectivity index (χ4n) is 2.70. The highest BCUT2D eigenvalue weighted by atomic mass is 15.1. The number of piperidine rings is 1. The van der Waals surface area contributed by atoms with Crippen LogP contribution in [-0.2, 0) is 0 Å². The van der Waals surface area contributed by atoms with Crippen LogP contribution in [0, 0.1) is 5.92 Å². The minimum absolute atomic E-state index is 0.425. The molecule has 1 saturated heterocycles. The van der Waals surface area contributed by atoms with Gasteiger partial charge in [-0.1, -0.05) is 13.0 Å². The van der Waals surface area contributed by atoms with Crippen molar-refractivity contribution in [3.8, 4) is 0 Å². The Morgan fingerprint density at radius 2 is 2.47 bits per heavy atom. The number of nitrogens with zero attached hydrogens (tertiary/aromatic N) is 2. The van der Waals surface area contributed by atoms with Gasteiger partial charge in [-0.25, -0.2) is 0 Å². The third kappa shape index (κ3) is 3.51. The van der Waals surface area contributed by atoms with Crippen molar-refractivity contribution in [1.29, 1.82) is 0 Å². The van der Waals surface area contributed by atoms with E-state index in [9.17, 15) is 0 Å². The highest BCUT2D eigenvalue weighted by Gasteiger charge is 2.20. The molecule has 2 rings (SSSR count). The second kappa shape index (κ2) is 6.12. The summed E-state index contributed by atoms with van der Waals surface area (Å²) in [5.41, 5.74) is 7.17. The van der Waals surface area contributed by atoms with Gasteiger partial charge in [0.05, 0.1) is 0 Å². The topological polar surface area (TPSA) is 42.1 Å². The standard InChI is InChI=1S/C14H23N3/c1-12-4-3-7-17(10-12)11-14(8-15)13-5-2-6-16-9-13/h2,5-6,9,12,14H,3-4,7-8,10-11,15H2,1H3. The molecule has 2 heterocycles. The molecule has 0 aromatic carbocycles. The van der Waals surface area contributed by atoms with Gasteiger partial charge in [0.2, 0.25) is 0 Å². The molecule has 0 saturated carbocycles. The molecule has 0 aliphatic carbocycles. The summed E-state index contributed by atoms with van der Waals surface area (Å²) in [7, 11) is 0. The molecule has 2 atom stereocenters. The average molecular weight is 233 g/mol. The highest BCUT2D eigenvalue weighted by Crippen LogP contribution is 2.20. The molecule has 2 N–H and O–H groups in total. The smallest absolute Gasteiger partial charge is 0.0303 e. The van der Waals surface area contributed by atoms with Gasteiger partial charge in [0.15, 0.2) is 0 Å². The molecule has 0 radical (unpaired) electrons. The number of aromatic nitrogens is 1. The van der Waals surface area contributed by atoms with Crippen LogP contribution in [0.5, 0.6) is 0 Å². The van der Waals surface area contributed by atoms with E-state index in [1.54, 1.807) is 0 Å². The second-order valence-corrected chi connectivity index (χ2v) is 5.23. The largest absolute Gasteiger partial charge is 0.330 e. The van der Waals surface area contributed by atoms with E-state index >= 15 is 0 Å². The number of hydrogen-bond acceptors (Lipinski definition) is 3. The lowest BCUT2D eigenvalue weighted by Crippen LogP contribution is -2.38. The maximum absolute atomic E-state index is 5.90. The minimum atomic E-state index is 0.425. The number of rotatable bonds is 4. The van der Waals surface area contributed by atoms with E-state index < -0.39 is 0 Å². The molecule has 0 spiro atoms. The van der Waals surface area contributed by atoms with Crippen molar-refractivity contribution in [2.75, 3.05) is 26.2 Å². The van der Waals surface area contributed by atoms with Gasteiger partial charge in [0.1, 0.15) is 0 Å². The van der Waals surface area contributed by atoms with Crippen molar-refractivity contribution in [2.45, 2.75) is 25.7 Å². The molecule has 94 valence electrons. The van der Waals surface area contributed by atoms with E-state index in [4.69, 9.17) is 5.73 Å². The van der Waals surface area contributed by atoms with Crippen molar-refractivity contribution >= 4 is 0 Å². The summed E-state index contributed by atoms with van der Waals surface area (Å²) in [6.07, 6.45) is 6.47. The van der Waals surface area contributed by atoms with E-state index in [0.29, 0.717) is 12.5 Å². The third-order valence-corrected chi connectivity index (χ3v) is 3.66. The number of likely N-dealkylation sites (tertiary alicyclic amines) is 1. The van der Waals surface area contributed by atoms with Crippen molar-refractivity contribution in [1.82, 2.24) is 9.88 Å². The van der Waals surface area contributed by atoms with Crippen LogP contribution in [0.3, 0.4) is 0 Å².